The van der Waals surface area contributed by atoms with Crippen LogP contribution in [0.3, 0.4) is 0 Å². The Kier molecular flexibility index (Phi) is 4.41. The van der Waals surface area contributed by atoms with Crippen LogP contribution in [-0.2, 0) is 16.0 Å². The highest BCUT2D eigenvalue weighted by molar-refractivity contribution is 5.78. The Morgan fingerprint density at radius 3 is 3.00 bits per heavy atom. The lowest BCUT2D eigenvalue weighted by Crippen LogP contribution is -2.44. The summed E-state index contributed by atoms with van der Waals surface area (Å²) < 4.78 is 5.71. The SMILES string of the molecule is CC[C@@](C)(C#N)NC(=O)C[C@H]1OCCc2ccccc21. The number of carbonyl (C=O) groups excluding carboxylic acids is 1. The smallest absolute Gasteiger partial charge is 0.224 e. The van der Waals surface area contributed by atoms with E-state index < -0.39 is 5.54 Å². The van der Waals surface area contributed by atoms with E-state index in [1.165, 1.54) is 5.56 Å². The molecule has 4 nitrogen and oxygen atoms in total. The van der Waals surface area contributed by atoms with Crippen LogP contribution in [0.1, 0.15) is 43.9 Å². The molecular formula is C16H20N2O2. The highest BCUT2D eigenvalue weighted by atomic mass is 16.5. The number of nitrogens with zero attached hydrogens (tertiary/aromatic N) is 1. The van der Waals surface area contributed by atoms with Gasteiger partial charge in [0.25, 0.3) is 0 Å². The first-order chi connectivity index (χ1) is 9.58. The first kappa shape index (κ1) is 14.5. The molecule has 1 heterocycles. The molecule has 0 aromatic heterocycles. The second-order valence-electron chi connectivity index (χ2n) is 5.36. The highest BCUT2D eigenvalue weighted by Crippen LogP contribution is 2.29. The molecule has 2 rings (SSSR count). The molecule has 0 unspecified atom stereocenters. The van der Waals surface area contributed by atoms with Gasteiger partial charge in [0.15, 0.2) is 0 Å². The van der Waals surface area contributed by atoms with Gasteiger partial charge in [-0.05, 0) is 30.9 Å². The second-order valence-corrected chi connectivity index (χ2v) is 5.36. The van der Waals surface area contributed by atoms with Crippen molar-refractivity contribution in [3.8, 4) is 6.07 Å². The first-order valence-electron chi connectivity index (χ1n) is 6.99. The molecule has 0 saturated carbocycles. The Bertz CT molecular complexity index is 536. The minimum Gasteiger partial charge on any atom is -0.373 e. The van der Waals surface area contributed by atoms with Gasteiger partial charge < -0.3 is 10.1 Å². The minimum absolute atomic E-state index is 0.141. The number of carbonyl (C=O) groups is 1. The van der Waals surface area contributed by atoms with Crippen LogP contribution in [0.2, 0.25) is 0 Å². The van der Waals surface area contributed by atoms with E-state index in [0.29, 0.717) is 13.0 Å². The number of benzene rings is 1. The molecule has 0 saturated heterocycles. The topological polar surface area (TPSA) is 62.1 Å². The summed E-state index contributed by atoms with van der Waals surface area (Å²) in [4.78, 5) is 12.1. The third-order valence-electron chi connectivity index (χ3n) is 3.83. The van der Waals surface area contributed by atoms with Gasteiger partial charge in [0, 0.05) is 0 Å². The molecule has 1 aromatic rings. The standard InChI is InChI=1S/C16H20N2O2/c1-3-16(2,11-17)18-15(19)10-14-13-7-5-4-6-12(13)8-9-20-14/h4-7,14H,3,8-10H2,1-2H3,(H,18,19)/t14-,16+/m1/s1. The molecule has 1 N–H and O–H groups in total. The fourth-order valence-electron chi connectivity index (χ4n) is 2.37. The zero-order valence-corrected chi connectivity index (χ0v) is 12.0. The van der Waals surface area contributed by atoms with Crippen LogP contribution >= 0.6 is 0 Å². The van der Waals surface area contributed by atoms with Crippen molar-refractivity contribution >= 4 is 5.91 Å². The fraction of sp³-hybridized carbons (Fsp3) is 0.500. The van der Waals surface area contributed by atoms with E-state index in [-0.39, 0.29) is 18.4 Å². The van der Waals surface area contributed by atoms with E-state index in [0.717, 1.165) is 12.0 Å². The van der Waals surface area contributed by atoms with Crippen molar-refractivity contribution in [2.24, 2.45) is 0 Å². The summed E-state index contributed by atoms with van der Waals surface area (Å²) in [5, 5.41) is 11.9. The van der Waals surface area contributed by atoms with E-state index in [2.05, 4.69) is 17.5 Å². The summed E-state index contributed by atoms with van der Waals surface area (Å²) in [6.07, 6.45) is 1.52. The van der Waals surface area contributed by atoms with Crippen molar-refractivity contribution in [2.75, 3.05) is 6.61 Å². The van der Waals surface area contributed by atoms with Crippen LogP contribution < -0.4 is 5.32 Å². The zero-order chi connectivity index (χ0) is 14.6. The maximum atomic E-state index is 12.1. The molecule has 0 fully saturated rings. The Morgan fingerprint density at radius 1 is 1.55 bits per heavy atom. The largest absolute Gasteiger partial charge is 0.373 e. The molecule has 0 bridgehead atoms. The average molecular weight is 272 g/mol. The zero-order valence-electron chi connectivity index (χ0n) is 12.0. The molecular weight excluding hydrogens is 252 g/mol. The molecule has 4 heteroatoms. The summed E-state index contributed by atoms with van der Waals surface area (Å²) in [7, 11) is 0. The molecule has 1 aliphatic rings. The van der Waals surface area contributed by atoms with Gasteiger partial charge in [0.2, 0.25) is 5.91 Å². The minimum atomic E-state index is -0.800. The highest BCUT2D eigenvalue weighted by Gasteiger charge is 2.27. The van der Waals surface area contributed by atoms with Gasteiger partial charge in [-0.15, -0.1) is 0 Å². The van der Waals surface area contributed by atoms with Gasteiger partial charge in [-0.25, -0.2) is 0 Å². The summed E-state index contributed by atoms with van der Waals surface area (Å²) in [6, 6.07) is 10.2. The van der Waals surface area contributed by atoms with Crippen molar-refractivity contribution in [3.63, 3.8) is 0 Å². The van der Waals surface area contributed by atoms with Gasteiger partial charge in [-0.2, -0.15) is 5.26 Å². The summed E-state index contributed by atoms with van der Waals surface area (Å²) in [6.45, 7) is 4.26. The molecule has 2 atom stereocenters. The number of rotatable bonds is 4. The van der Waals surface area contributed by atoms with Crippen molar-refractivity contribution in [3.05, 3.63) is 35.4 Å². The molecule has 20 heavy (non-hydrogen) atoms. The van der Waals surface area contributed by atoms with Crippen molar-refractivity contribution in [1.82, 2.24) is 5.32 Å². The van der Waals surface area contributed by atoms with E-state index in [1.807, 2.05) is 25.1 Å². The van der Waals surface area contributed by atoms with Crippen LogP contribution in [0, 0.1) is 11.3 Å². The number of nitriles is 1. The van der Waals surface area contributed by atoms with Gasteiger partial charge in [0.1, 0.15) is 5.54 Å². The quantitative estimate of drug-likeness (QED) is 0.916. The van der Waals surface area contributed by atoms with E-state index in [4.69, 9.17) is 10.00 Å². The summed E-state index contributed by atoms with van der Waals surface area (Å²) in [5.41, 5.74) is 1.53. The average Bonchev–Trinajstić information content (AvgIpc) is 2.47. The molecule has 106 valence electrons. The van der Waals surface area contributed by atoms with E-state index in [9.17, 15) is 4.79 Å². The first-order valence-corrected chi connectivity index (χ1v) is 6.99. The Balaban J connectivity index is 2.05. The Labute approximate surface area is 119 Å². The lowest BCUT2D eigenvalue weighted by molar-refractivity contribution is -0.125. The predicted octanol–water partition coefficient (Wildman–Crippen LogP) is 2.50. The van der Waals surface area contributed by atoms with Gasteiger partial charge in [-0.3, -0.25) is 4.79 Å². The third kappa shape index (κ3) is 3.17. The number of nitrogens with one attached hydrogen (secondary N) is 1. The van der Waals surface area contributed by atoms with Crippen LogP contribution in [-0.4, -0.2) is 18.1 Å². The lowest BCUT2D eigenvalue weighted by atomic mass is 9.95. The van der Waals surface area contributed by atoms with Crippen LogP contribution in [0.5, 0.6) is 0 Å². The maximum Gasteiger partial charge on any atom is 0.224 e. The molecule has 1 amide bonds. The van der Waals surface area contributed by atoms with E-state index >= 15 is 0 Å². The number of ether oxygens (including phenoxy) is 1. The maximum absolute atomic E-state index is 12.1. The van der Waals surface area contributed by atoms with Gasteiger partial charge in [-0.1, -0.05) is 31.2 Å². The van der Waals surface area contributed by atoms with E-state index in [1.54, 1.807) is 6.92 Å². The molecule has 0 spiro atoms. The van der Waals surface area contributed by atoms with Crippen LogP contribution in [0.25, 0.3) is 0 Å². The van der Waals surface area contributed by atoms with Crippen LogP contribution in [0.15, 0.2) is 24.3 Å². The monoisotopic (exact) mass is 272 g/mol. The van der Waals surface area contributed by atoms with Crippen molar-refractivity contribution < 1.29 is 9.53 Å². The van der Waals surface area contributed by atoms with Crippen molar-refractivity contribution in [1.29, 1.82) is 5.26 Å². The third-order valence-corrected chi connectivity index (χ3v) is 3.83. The number of amides is 1. The number of hydrogen-bond donors (Lipinski definition) is 1. The summed E-state index contributed by atoms with van der Waals surface area (Å²) >= 11 is 0. The molecule has 0 radical (unpaired) electrons. The van der Waals surface area contributed by atoms with Gasteiger partial charge in [0.05, 0.1) is 25.2 Å². The predicted molar refractivity (Wildman–Crippen MR) is 75.9 cm³/mol. The molecule has 1 aliphatic heterocycles. The molecule has 0 aliphatic carbocycles. The normalized spacial score (nSPS) is 20.4. The Morgan fingerprint density at radius 2 is 2.30 bits per heavy atom. The van der Waals surface area contributed by atoms with Gasteiger partial charge >= 0.3 is 0 Å². The lowest BCUT2D eigenvalue weighted by Gasteiger charge is -2.27. The number of hydrogen-bond acceptors (Lipinski definition) is 3. The Hall–Kier alpha value is -1.86. The van der Waals surface area contributed by atoms with Crippen molar-refractivity contribution in [2.45, 2.75) is 44.8 Å². The number of fused-ring (bicyclic) bond motifs is 1. The summed E-state index contributed by atoms with van der Waals surface area (Å²) in [5.74, 6) is -0.141. The molecule has 1 aromatic carbocycles. The van der Waals surface area contributed by atoms with Crippen LogP contribution in [0.4, 0.5) is 0 Å². The second kappa shape index (κ2) is 6.06. The fourth-order valence-corrected chi connectivity index (χ4v) is 2.37.